The first-order chi connectivity index (χ1) is 12.8. The van der Waals surface area contributed by atoms with Crippen LogP contribution in [0, 0.1) is 0 Å². The molecular weight excluding hydrogens is 389 g/mol. The normalized spacial score (nSPS) is 11.8. The minimum absolute atomic E-state index is 0.0137. The lowest BCUT2D eigenvalue weighted by Crippen LogP contribution is -2.43. The van der Waals surface area contributed by atoms with Crippen molar-refractivity contribution in [2.75, 3.05) is 31.3 Å². The molecular formula is C19H21Cl2N3O3. The van der Waals surface area contributed by atoms with Gasteiger partial charge in [0.15, 0.2) is 0 Å². The Kier molecular flexibility index (Phi) is 7.47. The van der Waals surface area contributed by atoms with E-state index in [1.807, 2.05) is 0 Å². The van der Waals surface area contributed by atoms with E-state index < -0.39 is 6.04 Å². The Hall–Kier alpha value is -2.28. The molecule has 0 fully saturated rings. The van der Waals surface area contributed by atoms with Crippen molar-refractivity contribution < 1.29 is 14.3 Å². The molecule has 0 aliphatic carbocycles. The molecule has 0 aromatic heterocycles. The highest BCUT2D eigenvalue weighted by atomic mass is 35.5. The Bertz CT molecular complexity index is 830. The van der Waals surface area contributed by atoms with E-state index in [1.165, 1.54) is 7.11 Å². The first-order valence-corrected chi connectivity index (χ1v) is 8.96. The van der Waals surface area contributed by atoms with Gasteiger partial charge in [0.05, 0.1) is 25.4 Å². The number of ether oxygens (including phenoxy) is 1. The number of hydrogen-bond donors (Lipinski definition) is 2. The van der Waals surface area contributed by atoms with Crippen molar-refractivity contribution in [3.05, 3.63) is 52.5 Å². The molecule has 0 radical (unpaired) electrons. The average Bonchev–Trinajstić information content (AvgIpc) is 2.61. The number of hydrogen-bond acceptors (Lipinski definition) is 4. The molecule has 27 heavy (non-hydrogen) atoms. The largest absolute Gasteiger partial charge is 0.495 e. The topological polar surface area (TPSA) is 70.7 Å². The van der Waals surface area contributed by atoms with Crippen molar-refractivity contribution in [1.29, 1.82) is 0 Å². The van der Waals surface area contributed by atoms with Crippen LogP contribution >= 0.6 is 23.2 Å². The van der Waals surface area contributed by atoms with E-state index in [0.717, 1.165) is 0 Å². The van der Waals surface area contributed by atoms with Gasteiger partial charge in [-0.05, 0) is 50.4 Å². The van der Waals surface area contributed by atoms with Gasteiger partial charge in [0.2, 0.25) is 11.8 Å². The van der Waals surface area contributed by atoms with Crippen LogP contribution in [-0.4, -0.2) is 43.5 Å². The van der Waals surface area contributed by atoms with Gasteiger partial charge >= 0.3 is 0 Å². The van der Waals surface area contributed by atoms with Gasteiger partial charge in [-0.2, -0.15) is 0 Å². The molecule has 0 aliphatic rings. The van der Waals surface area contributed by atoms with Gasteiger partial charge in [-0.1, -0.05) is 29.3 Å². The fraction of sp³-hybridized carbons (Fsp3) is 0.263. The summed E-state index contributed by atoms with van der Waals surface area (Å²) < 4.78 is 5.21. The van der Waals surface area contributed by atoms with E-state index in [0.29, 0.717) is 27.2 Å². The number of nitrogens with one attached hydrogen (secondary N) is 2. The van der Waals surface area contributed by atoms with Gasteiger partial charge in [0.25, 0.3) is 0 Å². The van der Waals surface area contributed by atoms with Gasteiger partial charge in [-0.3, -0.25) is 14.5 Å². The molecule has 0 saturated heterocycles. The van der Waals surface area contributed by atoms with Crippen molar-refractivity contribution in [2.24, 2.45) is 0 Å². The van der Waals surface area contributed by atoms with Gasteiger partial charge in [0, 0.05) is 15.7 Å². The molecule has 6 nitrogen and oxygen atoms in total. The fourth-order valence-electron chi connectivity index (χ4n) is 2.34. The van der Waals surface area contributed by atoms with Crippen LogP contribution in [0.4, 0.5) is 11.4 Å². The van der Waals surface area contributed by atoms with Gasteiger partial charge in [-0.15, -0.1) is 0 Å². The molecule has 0 saturated carbocycles. The predicted octanol–water partition coefficient (Wildman–Crippen LogP) is 3.90. The number of anilines is 2. The number of carbonyl (C=O) groups is 2. The number of rotatable bonds is 7. The number of likely N-dealkylation sites (N-methyl/N-ethyl adjacent to an activating group) is 1. The summed E-state index contributed by atoms with van der Waals surface area (Å²) in [4.78, 5) is 26.3. The highest BCUT2D eigenvalue weighted by Crippen LogP contribution is 2.27. The van der Waals surface area contributed by atoms with Crippen LogP contribution in [0.1, 0.15) is 6.92 Å². The maximum absolute atomic E-state index is 12.4. The summed E-state index contributed by atoms with van der Waals surface area (Å²) in [6.07, 6.45) is 0. The Labute approximate surface area is 168 Å². The predicted molar refractivity (Wildman–Crippen MR) is 109 cm³/mol. The van der Waals surface area contributed by atoms with Crippen molar-refractivity contribution in [1.82, 2.24) is 4.90 Å². The lowest BCUT2D eigenvalue weighted by molar-refractivity contribution is -0.122. The third-order valence-corrected chi connectivity index (χ3v) is 4.43. The summed E-state index contributed by atoms with van der Waals surface area (Å²) in [6, 6.07) is 11.3. The summed E-state index contributed by atoms with van der Waals surface area (Å²) >= 11 is 11.9. The molecule has 0 unspecified atom stereocenters. The van der Waals surface area contributed by atoms with Crippen molar-refractivity contribution in [3.8, 4) is 5.75 Å². The Balaban J connectivity index is 1.95. The highest BCUT2D eigenvalue weighted by Gasteiger charge is 2.21. The fourth-order valence-corrected chi connectivity index (χ4v) is 2.71. The summed E-state index contributed by atoms with van der Waals surface area (Å²) in [5.74, 6) is -0.0319. The monoisotopic (exact) mass is 409 g/mol. The molecule has 0 bridgehead atoms. The average molecular weight is 410 g/mol. The molecule has 2 aromatic carbocycles. The summed E-state index contributed by atoms with van der Waals surface area (Å²) in [6.45, 7) is 1.73. The first kappa shape index (κ1) is 21.0. The Morgan fingerprint density at radius 2 is 1.81 bits per heavy atom. The molecule has 1 atom stereocenters. The maximum Gasteiger partial charge on any atom is 0.241 e. The van der Waals surface area contributed by atoms with Crippen LogP contribution in [-0.2, 0) is 9.59 Å². The van der Waals surface area contributed by atoms with Crippen molar-refractivity contribution in [2.45, 2.75) is 13.0 Å². The van der Waals surface area contributed by atoms with Crippen molar-refractivity contribution in [3.63, 3.8) is 0 Å². The van der Waals surface area contributed by atoms with E-state index in [4.69, 9.17) is 27.9 Å². The molecule has 2 N–H and O–H groups in total. The van der Waals surface area contributed by atoms with Gasteiger partial charge in [0.1, 0.15) is 5.75 Å². The first-order valence-electron chi connectivity index (χ1n) is 8.20. The summed E-state index contributed by atoms with van der Waals surface area (Å²) in [7, 11) is 3.20. The molecule has 2 rings (SSSR count). The minimum Gasteiger partial charge on any atom is -0.495 e. The molecule has 2 amide bonds. The molecule has 8 heteroatoms. The Morgan fingerprint density at radius 3 is 2.48 bits per heavy atom. The van der Waals surface area contributed by atoms with Crippen LogP contribution in [0.3, 0.4) is 0 Å². The minimum atomic E-state index is -0.531. The van der Waals surface area contributed by atoms with Crippen LogP contribution < -0.4 is 15.4 Å². The van der Waals surface area contributed by atoms with Crippen LogP contribution in [0.2, 0.25) is 10.0 Å². The Morgan fingerprint density at radius 1 is 1.11 bits per heavy atom. The third-order valence-electron chi connectivity index (χ3n) is 3.96. The molecule has 0 heterocycles. The van der Waals surface area contributed by atoms with E-state index in [2.05, 4.69) is 10.6 Å². The molecule has 2 aromatic rings. The zero-order valence-corrected chi connectivity index (χ0v) is 16.8. The third kappa shape index (κ3) is 6.13. The number of benzene rings is 2. The number of carbonyl (C=O) groups excluding carboxylic acids is 2. The highest BCUT2D eigenvalue weighted by molar-refractivity contribution is 6.31. The van der Waals surface area contributed by atoms with Crippen LogP contribution in [0.5, 0.6) is 5.75 Å². The molecule has 144 valence electrons. The van der Waals surface area contributed by atoms with Crippen LogP contribution in [0.15, 0.2) is 42.5 Å². The summed E-state index contributed by atoms with van der Waals surface area (Å²) in [5.41, 5.74) is 1.07. The number of halogens is 2. The van der Waals surface area contributed by atoms with Crippen LogP contribution in [0.25, 0.3) is 0 Å². The quantitative estimate of drug-likeness (QED) is 0.727. The maximum atomic E-state index is 12.4. The van der Waals surface area contributed by atoms with E-state index in [-0.39, 0.29) is 18.4 Å². The second kappa shape index (κ2) is 9.60. The smallest absolute Gasteiger partial charge is 0.241 e. The SMILES string of the molecule is COc1ccc(Cl)cc1NC(=O)CN(C)[C@@H](C)C(=O)Nc1cccc(Cl)c1. The second-order valence-electron chi connectivity index (χ2n) is 5.98. The summed E-state index contributed by atoms with van der Waals surface area (Å²) in [5, 5.41) is 6.53. The molecule has 0 spiro atoms. The van der Waals surface area contributed by atoms with Crippen molar-refractivity contribution >= 4 is 46.4 Å². The van der Waals surface area contributed by atoms with E-state index in [1.54, 1.807) is 61.3 Å². The zero-order valence-electron chi connectivity index (χ0n) is 15.3. The van der Waals surface area contributed by atoms with E-state index >= 15 is 0 Å². The number of methoxy groups -OCH3 is 1. The lowest BCUT2D eigenvalue weighted by atomic mass is 10.2. The number of nitrogens with zero attached hydrogens (tertiary/aromatic N) is 1. The number of amides is 2. The second-order valence-corrected chi connectivity index (χ2v) is 6.86. The standard InChI is InChI=1S/C19H21Cl2N3O3/c1-12(19(26)22-15-6-4-5-13(20)9-15)24(2)11-18(25)23-16-10-14(21)7-8-17(16)27-3/h4-10,12H,11H2,1-3H3,(H,22,26)(H,23,25)/t12-/m0/s1. The van der Waals surface area contributed by atoms with Gasteiger partial charge < -0.3 is 15.4 Å². The lowest BCUT2D eigenvalue weighted by Gasteiger charge is -2.23. The van der Waals surface area contributed by atoms with E-state index in [9.17, 15) is 9.59 Å². The van der Waals surface area contributed by atoms with Gasteiger partial charge in [-0.25, -0.2) is 0 Å². The molecule has 0 aliphatic heterocycles. The zero-order chi connectivity index (χ0) is 20.0.